The number of nitrogens with one attached hydrogen (secondary N) is 1. The smallest absolute Gasteiger partial charge is 0.292 e. The van der Waals surface area contributed by atoms with Crippen molar-refractivity contribution in [1.82, 2.24) is 9.78 Å². The van der Waals surface area contributed by atoms with Crippen LogP contribution in [0.2, 0.25) is 0 Å². The highest BCUT2D eigenvalue weighted by atomic mass is 79.9. The van der Waals surface area contributed by atoms with Crippen LogP contribution in [0.1, 0.15) is 21.8 Å². The second-order valence-electron chi connectivity index (χ2n) is 5.67. The molecular formula is C17H14BrN3O4S. The number of halogens is 1. The summed E-state index contributed by atoms with van der Waals surface area (Å²) in [6, 6.07) is 10.5. The van der Waals surface area contributed by atoms with Crippen LogP contribution in [0, 0.1) is 0 Å². The molecule has 1 atom stereocenters. The van der Waals surface area contributed by atoms with Crippen LogP contribution in [-0.4, -0.2) is 27.0 Å². The van der Waals surface area contributed by atoms with Crippen LogP contribution in [0.4, 0.5) is 5.82 Å². The number of rotatable bonds is 4. The van der Waals surface area contributed by atoms with Gasteiger partial charge in [0.05, 0.1) is 30.0 Å². The number of amides is 1. The van der Waals surface area contributed by atoms with Crippen molar-refractivity contribution in [1.29, 1.82) is 0 Å². The molecule has 0 spiro atoms. The van der Waals surface area contributed by atoms with E-state index in [2.05, 4.69) is 26.3 Å². The second kappa shape index (κ2) is 6.73. The third kappa shape index (κ3) is 3.08. The van der Waals surface area contributed by atoms with E-state index >= 15 is 0 Å². The van der Waals surface area contributed by atoms with E-state index in [4.69, 9.17) is 9.15 Å². The molecule has 3 aromatic rings. The molecule has 0 radical (unpaired) electrons. The number of methoxy groups -OCH3 is 1. The fraction of sp³-hybridized carbons (Fsp3) is 0.176. The maximum Gasteiger partial charge on any atom is 0.292 e. The van der Waals surface area contributed by atoms with Crippen molar-refractivity contribution in [2.45, 2.75) is 11.5 Å². The molecule has 3 heterocycles. The second-order valence-corrected chi connectivity index (χ2v) is 7.91. The van der Waals surface area contributed by atoms with Crippen LogP contribution in [0.3, 0.4) is 0 Å². The van der Waals surface area contributed by atoms with E-state index in [9.17, 15) is 9.00 Å². The van der Waals surface area contributed by atoms with Gasteiger partial charge < -0.3 is 14.5 Å². The molecule has 0 bridgehead atoms. The zero-order valence-electron chi connectivity index (χ0n) is 13.7. The number of ether oxygens (including phenoxy) is 1. The summed E-state index contributed by atoms with van der Waals surface area (Å²) in [5.74, 6) is 1.75. The Balaban J connectivity index is 1.74. The number of fused-ring (bicyclic) bond motifs is 1. The number of hydrogen-bond acceptors (Lipinski definition) is 5. The lowest BCUT2D eigenvalue weighted by Crippen LogP contribution is -2.16. The molecule has 0 saturated heterocycles. The first-order valence-corrected chi connectivity index (χ1v) is 10.00. The molecule has 1 aliphatic rings. The minimum absolute atomic E-state index is 0.173. The molecule has 9 heteroatoms. The van der Waals surface area contributed by atoms with E-state index in [0.717, 1.165) is 22.7 Å². The van der Waals surface area contributed by atoms with E-state index in [-0.39, 0.29) is 5.76 Å². The van der Waals surface area contributed by atoms with Gasteiger partial charge in [-0.15, -0.1) is 0 Å². The Hall–Kier alpha value is -2.39. The Bertz CT molecular complexity index is 1010. The molecule has 0 saturated carbocycles. The standard InChI is InChI=1S/C17H14BrN3O4S/c1-24-11-4-2-10(3-5-11)21-16(12-8-26(23)9-13(12)20-21)19-17(22)14-6-7-15(18)25-14/h2-7H,8-9H2,1H3,(H,19,22)/t26-/m0/s1. The topological polar surface area (TPSA) is 86.4 Å². The van der Waals surface area contributed by atoms with Gasteiger partial charge >= 0.3 is 0 Å². The van der Waals surface area contributed by atoms with Crippen LogP contribution in [0.15, 0.2) is 45.5 Å². The van der Waals surface area contributed by atoms with E-state index in [0.29, 0.717) is 22.0 Å². The largest absolute Gasteiger partial charge is 0.497 e. The number of carbonyl (C=O) groups is 1. The zero-order chi connectivity index (χ0) is 18.3. The van der Waals surface area contributed by atoms with E-state index in [1.165, 1.54) is 0 Å². The first-order chi connectivity index (χ1) is 12.5. The van der Waals surface area contributed by atoms with Crippen LogP contribution >= 0.6 is 15.9 Å². The number of furan rings is 1. The SMILES string of the molecule is COc1ccc(-n2nc3c(c2NC(=O)c2ccc(Br)o2)C[S@](=O)C3)cc1. The van der Waals surface area contributed by atoms with Crippen molar-refractivity contribution >= 4 is 38.5 Å². The van der Waals surface area contributed by atoms with Gasteiger partial charge in [0.15, 0.2) is 10.4 Å². The summed E-state index contributed by atoms with van der Waals surface area (Å²) >= 11 is 3.18. The van der Waals surface area contributed by atoms with Crippen molar-refractivity contribution in [2.24, 2.45) is 0 Å². The molecule has 7 nitrogen and oxygen atoms in total. The number of benzene rings is 1. The van der Waals surface area contributed by atoms with Crippen molar-refractivity contribution in [3.63, 3.8) is 0 Å². The fourth-order valence-electron chi connectivity index (χ4n) is 2.77. The molecule has 1 aromatic carbocycles. The Morgan fingerprint density at radius 2 is 2.04 bits per heavy atom. The summed E-state index contributed by atoms with van der Waals surface area (Å²) < 4.78 is 24.5. The van der Waals surface area contributed by atoms with Gasteiger partial charge in [-0.25, -0.2) is 4.68 Å². The number of carbonyl (C=O) groups excluding carboxylic acids is 1. The molecule has 1 N–H and O–H groups in total. The van der Waals surface area contributed by atoms with Crippen molar-refractivity contribution in [3.8, 4) is 11.4 Å². The summed E-state index contributed by atoms with van der Waals surface area (Å²) in [4.78, 5) is 12.5. The van der Waals surface area contributed by atoms with Gasteiger partial charge in [-0.05, 0) is 52.3 Å². The quantitative estimate of drug-likeness (QED) is 0.679. The maximum absolute atomic E-state index is 12.5. The predicted molar refractivity (Wildman–Crippen MR) is 100 cm³/mol. The van der Waals surface area contributed by atoms with Crippen molar-refractivity contribution in [3.05, 3.63) is 58.1 Å². The lowest BCUT2D eigenvalue weighted by atomic mass is 10.2. The summed E-state index contributed by atoms with van der Waals surface area (Å²) in [6.07, 6.45) is 0. The highest BCUT2D eigenvalue weighted by molar-refractivity contribution is 9.10. The zero-order valence-corrected chi connectivity index (χ0v) is 16.1. The number of nitrogens with zero attached hydrogens (tertiary/aromatic N) is 2. The highest BCUT2D eigenvalue weighted by Crippen LogP contribution is 2.32. The minimum Gasteiger partial charge on any atom is -0.497 e. The average Bonchev–Trinajstić information content (AvgIpc) is 3.30. The van der Waals surface area contributed by atoms with Gasteiger partial charge in [0.1, 0.15) is 11.6 Å². The average molecular weight is 436 g/mol. The molecule has 0 unspecified atom stereocenters. The summed E-state index contributed by atoms with van der Waals surface area (Å²) in [6.45, 7) is 0. The van der Waals surface area contributed by atoms with E-state index in [1.54, 1.807) is 23.9 Å². The Kier molecular flexibility index (Phi) is 4.41. The van der Waals surface area contributed by atoms with E-state index in [1.807, 2.05) is 24.3 Å². The van der Waals surface area contributed by atoms with Gasteiger partial charge in [0.25, 0.3) is 5.91 Å². The molecule has 0 aliphatic carbocycles. The predicted octanol–water partition coefficient (Wildman–Crippen LogP) is 3.25. The number of anilines is 1. The molecule has 134 valence electrons. The molecule has 26 heavy (non-hydrogen) atoms. The lowest BCUT2D eigenvalue weighted by molar-refractivity contribution is 0.0994. The van der Waals surface area contributed by atoms with Crippen molar-refractivity contribution in [2.75, 3.05) is 12.4 Å². The van der Waals surface area contributed by atoms with Gasteiger partial charge in [-0.2, -0.15) is 5.10 Å². The molecule has 2 aromatic heterocycles. The van der Waals surface area contributed by atoms with Crippen LogP contribution < -0.4 is 10.1 Å². The first-order valence-electron chi connectivity index (χ1n) is 7.72. The summed E-state index contributed by atoms with van der Waals surface area (Å²) in [5.41, 5.74) is 2.29. The van der Waals surface area contributed by atoms with Gasteiger partial charge in [0, 0.05) is 16.4 Å². The summed E-state index contributed by atoms with van der Waals surface area (Å²) in [5, 5.41) is 7.40. The van der Waals surface area contributed by atoms with Crippen molar-refractivity contribution < 1.29 is 18.2 Å². The lowest BCUT2D eigenvalue weighted by Gasteiger charge is -2.10. The van der Waals surface area contributed by atoms with Crippen LogP contribution in [0.5, 0.6) is 5.75 Å². The highest BCUT2D eigenvalue weighted by Gasteiger charge is 2.29. The third-order valence-corrected chi connectivity index (χ3v) is 5.65. The number of hydrogen-bond donors (Lipinski definition) is 1. The molecule has 1 aliphatic heterocycles. The normalized spacial score (nSPS) is 15.7. The van der Waals surface area contributed by atoms with E-state index < -0.39 is 16.7 Å². The minimum atomic E-state index is -1.00. The van der Waals surface area contributed by atoms with Crippen LogP contribution in [0.25, 0.3) is 5.69 Å². The monoisotopic (exact) mass is 435 g/mol. The van der Waals surface area contributed by atoms with Gasteiger partial charge in [-0.1, -0.05) is 0 Å². The van der Waals surface area contributed by atoms with Gasteiger partial charge in [-0.3, -0.25) is 9.00 Å². The number of aromatic nitrogens is 2. The Morgan fingerprint density at radius 1 is 1.27 bits per heavy atom. The summed E-state index contributed by atoms with van der Waals surface area (Å²) in [7, 11) is 0.596. The third-order valence-electron chi connectivity index (χ3n) is 4.02. The first kappa shape index (κ1) is 17.0. The molecule has 1 amide bonds. The van der Waals surface area contributed by atoms with Gasteiger partial charge in [0.2, 0.25) is 0 Å². The fourth-order valence-corrected chi connectivity index (χ4v) is 4.34. The van der Waals surface area contributed by atoms with Crippen LogP contribution in [-0.2, 0) is 22.3 Å². The molecule has 4 rings (SSSR count). The Labute approximate surface area is 159 Å². The maximum atomic E-state index is 12.5. The Morgan fingerprint density at radius 3 is 2.69 bits per heavy atom. The molecule has 0 fully saturated rings. The molecular weight excluding hydrogens is 422 g/mol.